The highest BCUT2D eigenvalue weighted by molar-refractivity contribution is 6.06. The molecule has 4 amide bonds. The molecule has 43 heavy (non-hydrogen) atoms. The van der Waals surface area contributed by atoms with Gasteiger partial charge in [0.2, 0.25) is 11.5 Å². The first-order valence-electron chi connectivity index (χ1n) is 15.2. The van der Waals surface area contributed by atoms with Gasteiger partial charge in [-0.2, -0.15) is 0 Å². The van der Waals surface area contributed by atoms with Gasteiger partial charge in [0.25, 0.3) is 5.91 Å². The number of fused-ring (bicyclic) bond motifs is 2. The molecule has 0 aromatic heterocycles. The Morgan fingerprint density at radius 1 is 1.12 bits per heavy atom. The van der Waals surface area contributed by atoms with Crippen molar-refractivity contribution in [1.82, 2.24) is 14.7 Å². The third kappa shape index (κ3) is 5.79. The molecule has 4 aliphatic rings. The summed E-state index contributed by atoms with van der Waals surface area (Å²) >= 11 is 0. The number of hydrogen-bond donors (Lipinski definition) is 1. The topological polar surface area (TPSA) is 108 Å². The van der Waals surface area contributed by atoms with Gasteiger partial charge in [0.15, 0.2) is 0 Å². The Balaban J connectivity index is 1.11. The van der Waals surface area contributed by atoms with Crippen LogP contribution >= 0.6 is 0 Å². The van der Waals surface area contributed by atoms with E-state index in [2.05, 4.69) is 5.32 Å². The molecule has 2 atom stereocenters. The molecule has 10 heteroatoms. The van der Waals surface area contributed by atoms with Crippen molar-refractivity contribution >= 4 is 29.7 Å². The maximum atomic E-state index is 13.8. The lowest BCUT2D eigenvalue weighted by molar-refractivity contribution is -0.143. The largest absolute Gasteiger partial charge is 0.444 e. The van der Waals surface area contributed by atoms with Crippen LogP contribution < -0.4 is 5.32 Å². The number of hydrogen-bond acceptors (Lipinski definition) is 7. The van der Waals surface area contributed by atoms with Crippen LogP contribution in [0, 0.1) is 5.92 Å². The number of ether oxygens (including phenoxy) is 2. The van der Waals surface area contributed by atoms with E-state index in [9.17, 15) is 19.2 Å². The molecule has 6 rings (SSSR count). The lowest BCUT2D eigenvalue weighted by Crippen LogP contribution is -2.57. The monoisotopic (exact) mass is 588 g/mol. The van der Waals surface area contributed by atoms with Crippen LogP contribution in [0.5, 0.6) is 0 Å². The molecule has 2 unspecified atom stereocenters. The molecule has 0 bridgehead atoms. The number of aryl methyl sites for hydroxylation is 1. The predicted molar refractivity (Wildman–Crippen MR) is 159 cm³/mol. The summed E-state index contributed by atoms with van der Waals surface area (Å²) in [6.07, 6.45) is 1.95. The minimum Gasteiger partial charge on any atom is -0.444 e. The van der Waals surface area contributed by atoms with Gasteiger partial charge in [-0.3, -0.25) is 9.59 Å². The summed E-state index contributed by atoms with van der Waals surface area (Å²) in [7, 11) is 0. The van der Waals surface area contributed by atoms with Crippen LogP contribution in [0.1, 0.15) is 63.6 Å². The van der Waals surface area contributed by atoms with Crippen molar-refractivity contribution < 1.29 is 28.7 Å². The summed E-state index contributed by atoms with van der Waals surface area (Å²) in [5.74, 6) is -0.301. The summed E-state index contributed by atoms with van der Waals surface area (Å²) in [5.41, 5.74) is 1.54. The molecule has 3 fully saturated rings. The average Bonchev–Trinajstić information content (AvgIpc) is 3.69. The molecule has 0 radical (unpaired) electrons. The van der Waals surface area contributed by atoms with Gasteiger partial charge >= 0.3 is 12.2 Å². The van der Waals surface area contributed by atoms with Crippen LogP contribution in [0.2, 0.25) is 0 Å². The van der Waals surface area contributed by atoms with Crippen LogP contribution in [0.15, 0.2) is 48.5 Å². The number of nitrogens with one attached hydrogen (secondary N) is 1. The normalized spacial score (nSPS) is 22.2. The third-order valence-corrected chi connectivity index (χ3v) is 8.87. The van der Waals surface area contributed by atoms with Gasteiger partial charge in [-0.15, -0.1) is 0 Å². The molecule has 2 aromatic rings. The number of amides is 4. The van der Waals surface area contributed by atoms with Gasteiger partial charge in [-0.1, -0.05) is 36.4 Å². The minimum atomic E-state index is -1.40. The van der Waals surface area contributed by atoms with E-state index < -0.39 is 23.2 Å². The third-order valence-electron chi connectivity index (χ3n) is 8.87. The standard InChI is InChI=1S/C33H40N4O6/c1-21(23-10-11-23)36(17-22-8-6-5-7-9-22)28(38)20-37-29(39)33(43-31(37)41)15-14-24-16-25(12-13-27(24)33)34-26-18-35(19-26)30(40)42-32(2,3)4/h5-9,12-13,16,21,23,26,34H,10-11,14-15,17-20H2,1-4H3. The fourth-order valence-electron chi connectivity index (χ4n) is 6.32. The molecule has 228 valence electrons. The second kappa shape index (κ2) is 10.9. The zero-order chi connectivity index (χ0) is 30.5. The van der Waals surface area contributed by atoms with Crippen molar-refractivity contribution in [3.63, 3.8) is 0 Å². The van der Waals surface area contributed by atoms with E-state index in [1.165, 1.54) is 0 Å². The van der Waals surface area contributed by atoms with Gasteiger partial charge in [-0.05, 0) is 76.1 Å². The molecule has 10 nitrogen and oxygen atoms in total. The van der Waals surface area contributed by atoms with Gasteiger partial charge in [-0.25, -0.2) is 14.5 Å². The lowest BCUT2D eigenvalue weighted by atomic mass is 9.94. The van der Waals surface area contributed by atoms with E-state index in [0.717, 1.165) is 34.6 Å². The first-order valence-corrected chi connectivity index (χ1v) is 15.2. The molecule has 1 spiro atoms. The van der Waals surface area contributed by atoms with Gasteiger partial charge < -0.3 is 24.6 Å². The fourth-order valence-corrected chi connectivity index (χ4v) is 6.32. The predicted octanol–water partition coefficient (Wildman–Crippen LogP) is 4.67. The van der Waals surface area contributed by atoms with Gasteiger partial charge in [0.1, 0.15) is 12.1 Å². The number of carbonyl (C=O) groups is 4. The van der Waals surface area contributed by atoms with Crippen molar-refractivity contribution in [3.05, 3.63) is 65.2 Å². The molecular formula is C33H40N4O6. The number of benzene rings is 2. The Labute approximate surface area is 252 Å². The van der Waals surface area contributed by atoms with Crippen LogP contribution in [-0.4, -0.2) is 76.0 Å². The Kier molecular flexibility index (Phi) is 7.34. The van der Waals surface area contributed by atoms with Crippen molar-refractivity contribution in [1.29, 1.82) is 0 Å². The summed E-state index contributed by atoms with van der Waals surface area (Å²) in [5, 5.41) is 3.44. The van der Waals surface area contributed by atoms with Gasteiger partial charge in [0.05, 0.1) is 6.04 Å². The van der Waals surface area contributed by atoms with Crippen LogP contribution in [0.25, 0.3) is 0 Å². The Morgan fingerprint density at radius 2 is 1.84 bits per heavy atom. The second-order valence-corrected chi connectivity index (χ2v) is 13.3. The van der Waals surface area contributed by atoms with E-state index in [1.807, 2.05) is 76.2 Å². The fraction of sp³-hybridized carbons (Fsp3) is 0.515. The van der Waals surface area contributed by atoms with Crippen molar-refractivity contribution in [2.45, 2.75) is 83.2 Å². The summed E-state index contributed by atoms with van der Waals surface area (Å²) < 4.78 is 11.2. The first kappa shape index (κ1) is 29.0. The SMILES string of the molecule is CC(C1CC1)N(Cc1ccccc1)C(=O)CN1C(=O)OC2(CCc3cc(NC4CN(C(=O)OC(C)(C)C)C4)ccc32)C1=O. The maximum absolute atomic E-state index is 13.8. The maximum Gasteiger partial charge on any atom is 0.418 e. The molecule has 1 saturated carbocycles. The molecule has 2 aromatic carbocycles. The van der Waals surface area contributed by atoms with Crippen molar-refractivity contribution in [2.24, 2.45) is 5.92 Å². The van der Waals surface area contributed by atoms with Crippen LogP contribution in [0.4, 0.5) is 15.3 Å². The van der Waals surface area contributed by atoms with Crippen LogP contribution in [0.3, 0.4) is 0 Å². The van der Waals surface area contributed by atoms with Gasteiger partial charge in [0, 0.05) is 43.3 Å². The minimum absolute atomic E-state index is 0.0143. The molecule has 2 aliphatic carbocycles. The number of imide groups is 1. The van der Waals surface area contributed by atoms with Crippen molar-refractivity contribution in [2.75, 3.05) is 25.0 Å². The quantitative estimate of drug-likeness (QED) is 0.478. The number of rotatable bonds is 8. The zero-order valence-corrected chi connectivity index (χ0v) is 25.3. The number of anilines is 1. The van der Waals surface area contributed by atoms with E-state index in [-0.39, 0.29) is 30.6 Å². The van der Waals surface area contributed by atoms with Crippen molar-refractivity contribution in [3.8, 4) is 0 Å². The molecule has 2 heterocycles. The highest BCUT2D eigenvalue weighted by Gasteiger charge is 2.58. The number of nitrogens with zero attached hydrogens (tertiary/aromatic N) is 3. The van der Waals surface area contributed by atoms with E-state index >= 15 is 0 Å². The summed E-state index contributed by atoms with van der Waals surface area (Å²) in [6.45, 7) is 8.74. The number of likely N-dealkylation sites (tertiary alicyclic amines) is 1. The molecule has 2 saturated heterocycles. The summed E-state index contributed by atoms with van der Waals surface area (Å²) in [4.78, 5) is 57.2. The second-order valence-electron chi connectivity index (χ2n) is 13.3. The average molecular weight is 589 g/mol. The lowest BCUT2D eigenvalue weighted by Gasteiger charge is -2.40. The first-order chi connectivity index (χ1) is 20.4. The molecular weight excluding hydrogens is 548 g/mol. The van der Waals surface area contributed by atoms with E-state index in [1.54, 1.807) is 9.80 Å². The highest BCUT2D eigenvalue weighted by atomic mass is 16.6. The number of carbonyl (C=O) groups excluding carboxylic acids is 4. The Morgan fingerprint density at radius 3 is 2.51 bits per heavy atom. The zero-order valence-electron chi connectivity index (χ0n) is 25.3. The Hall–Kier alpha value is -4.08. The summed E-state index contributed by atoms with van der Waals surface area (Å²) in [6, 6.07) is 15.6. The van der Waals surface area contributed by atoms with E-state index in [4.69, 9.17) is 9.47 Å². The van der Waals surface area contributed by atoms with E-state index in [0.29, 0.717) is 44.0 Å². The molecule has 1 N–H and O–H groups in total. The molecule has 2 aliphatic heterocycles. The highest BCUT2D eigenvalue weighted by Crippen LogP contribution is 2.46. The Bertz CT molecular complexity index is 1430. The van der Waals surface area contributed by atoms with Crippen LogP contribution in [-0.2, 0) is 37.6 Å². The smallest absolute Gasteiger partial charge is 0.418 e.